The third-order valence-electron chi connectivity index (χ3n) is 6.12. The molecule has 0 radical (unpaired) electrons. The molecular weight excluding hydrogens is 320 g/mol. The molecule has 0 atom stereocenters. The van der Waals surface area contributed by atoms with Crippen LogP contribution >= 0.6 is 0 Å². The number of amidine groups is 1. The van der Waals surface area contributed by atoms with Crippen molar-refractivity contribution in [3.8, 4) is 0 Å². The summed E-state index contributed by atoms with van der Waals surface area (Å²) >= 11 is 0. The highest BCUT2D eigenvalue weighted by Crippen LogP contribution is 2.36. The van der Waals surface area contributed by atoms with E-state index in [0.29, 0.717) is 5.88 Å². The Labute approximate surface area is 163 Å². The fourth-order valence-corrected chi connectivity index (χ4v) is 4.04. The second-order valence-corrected chi connectivity index (χ2v) is 8.04. The summed E-state index contributed by atoms with van der Waals surface area (Å²) in [7, 11) is 0. The smallest absolute Gasteiger partial charge is 0.240 e. The lowest BCUT2D eigenvalue weighted by Crippen LogP contribution is -2.37. The minimum atomic E-state index is 0.136. The molecule has 3 heteroatoms. The van der Waals surface area contributed by atoms with E-state index in [1.54, 1.807) is 0 Å². The van der Waals surface area contributed by atoms with Crippen LogP contribution in [-0.4, -0.2) is 5.84 Å². The summed E-state index contributed by atoms with van der Waals surface area (Å²) < 4.78 is 0. The van der Waals surface area contributed by atoms with E-state index in [9.17, 15) is 0 Å². The van der Waals surface area contributed by atoms with Crippen LogP contribution in [0.5, 0.6) is 0 Å². The molecule has 1 heterocycles. The number of nitrogens with zero attached hydrogens (tertiary/aromatic N) is 1. The van der Waals surface area contributed by atoms with E-state index in [1.807, 2.05) is 0 Å². The molecular formula is C23H44N2O. The highest BCUT2D eigenvalue weighted by atomic mass is 16.7. The van der Waals surface area contributed by atoms with Gasteiger partial charge in [0.15, 0.2) is 0 Å². The normalized spacial score (nSPS) is 14.3. The average Bonchev–Trinajstić information content (AvgIpc) is 3.09. The summed E-state index contributed by atoms with van der Waals surface area (Å²) in [5, 5.41) is 0. The summed E-state index contributed by atoms with van der Waals surface area (Å²) in [6, 6.07) is 0. The van der Waals surface area contributed by atoms with Gasteiger partial charge in [0.05, 0.1) is 0 Å². The molecule has 1 rings (SSSR count). The summed E-state index contributed by atoms with van der Waals surface area (Å²) in [6.45, 7) is 10.6. The van der Waals surface area contributed by atoms with Crippen molar-refractivity contribution < 1.29 is 4.84 Å². The van der Waals surface area contributed by atoms with Crippen LogP contribution in [-0.2, 0) is 4.84 Å². The summed E-state index contributed by atoms with van der Waals surface area (Å²) in [4.78, 5) is 9.72. The van der Waals surface area contributed by atoms with Gasteiger partial charge in [0.2, 0.25) is 5.88 Å². The van der Waals surface area contributed by atoms with E-state index in [0.717, 1.165) is 18.7 Å². The molecule has 0 spiro atoms. The number of hydrogen-bond acceptors (Lipinski definition) is 3. The fraction of sp³-hybridized carbons (Fsp3) is 0.870. The molecule has 0 aromatic carbocycles. The molecule has 1 aliphatic rings. The Bertz CT molecular complexity index is 399. The van der Waals surface area contributed by atoms with E-state index in [2.05, 4.69) is 37.8 Å². The summed E-state index contributed by atoms with van der Waals surface area (Å²) in [6.07, 6.45) is 21.7. The fourth-order valence-electron chi connectivity index (χ4n) is 4.04. The van der Waals surface area contributed by atoms with Gasteiger partial charge in [0.1, 0.15) is 5.84 Å². The largest absolute Gasteiger partial charge is 0.361 e. The second-order valence-electron chi connectivity index (χ2n) is 8.04. The predicted molar refractivity (Wildman–Crippen MR) is 114 cm³/mol. The highest BCUT2D eigenvalue weighted by Gasteiger charge is 2.35. The maximum Gasteiger partial charge on any atom is 0.240 e. The molecule has 0 saturated heterocycles. The zero-order chi connectivity index (χ0) is 19.1. The molecule has 0 amide bonds. The predicted octanol–water partition coefficient (Wildman–Crippen LogP) is 7.68. The molecule has 26 heavy (non-hydrogen) atoms. The van der Waals surface area contributed by atoms with Crippen LogP contribution in [0.3, 0.4) is 0 Å². The molecule has 0 aliphatic carbocycles. The topological polar surface area (TPSA) is 33.6 Å². The number of unbranched alkanes of at least 4 members (excludes halogenated alkanes) is 12. The minimum absolute atomic E-state index is 0.136. The Morgan fingerprint density at radius 3 is 1.62 bits per heavy atom. The first-order valence-corrected chi connectivity index (χ1v) is 11.4. The van der Waals surface area contributed by atoms with Crippen LogP contribution in [0.1, 0.15) is 124 Å². The number of nitrogens with one attached hydrogen (secondary N) is 1. The Balaban J connectivity index is 2.03. The lowest BCUT2D eigenvalue weighted by molar-refractivity contribution is 0.167. The van der Waals surface area contributed by atoms with Crippen LogP contribution < -0.4 is 5.48 Å². The number of rotatable bonds is 17. The molecule has 0 unspecified atom stereocenters. The third-order valence-corrected chi connectivity index (χ3v) is 6.12. The van der Waals surface area contributed by atoms with E-state index in [1.165, 1.54) is 89.9 Å². The van der Waals surface area contributed by atoms with Crippen molar-refractivity contribution >= 4 is 5.84 Å². The Kier molecular flexibility index (Phi) is 12.5. The lowest BCUT2D eigenvalue weighted by Gasteiger charge is -2.30. The van der Waals surface area contributed by atoms with Crippen LogP contribution in [0.15, 0.2) is 17.5 Å². The van der Waals surface area contributed by atoms with E-state index < -0.39 is 0 Å². The van der Waals surface area contributed by atoms with Gasteiger partial charge in [-0.3, -0.25) is 0 Å². The van der Waals surface area contributed by atoms with Crippen LogP contribution in [0.2, 0.25) is 0 Å². The van der Waals surface area contributed by atoms with Crippen molar-refractivity contribution in [2.24, 2.45) is 10.4 Å². The third kappa shape index (κ3) is 8.60. The number of aliphatic imine (C=N–C) groups is 1. The van der Waals surface area contributed by atoms with Crippen molar-refractivity contribution in [1.82, 2.24) is 5.48 Å². The maximum absolute atomic E-state index is 5.25. The molecule has 0 bridgehead atoms. The van der Waals surface area contributed by atoms with Crippen LogP contribution in [0.4, 0.5) is 0 Å². The quantitative estimate of drug-likeness (QED) is 0.268. The zero-order valence-electron chi connectivity index (χ0n) is 17.9. The van der Waals surface area contributed by atoms with Crippen molar-refractivity contribution in [3.63, 3.8) is 0 Å². The van der Waals surface area contributed by atoms with Gasteiger partial charge in [-0.2, -0.15) is 4.99 Å². The molecule has 1 N–H and O–H groups in total. The van der Waals surface area contributed by atoms with Crippen molar-refractivity contribution in [1.29, 1.82) is 0 Å². The van der Waals surface area contributed by atoms with Crippen LogP contribution in [0.25, 0.3) is 0 Å². The van der Waals surface area contributed by atoms with Gasteiger partial charge in [-0.25, -0.2) is 5.48 Å². The van der Waals surface area contributed by atoms with Crippen molar-refractivity contribution in [3.05, 3.63) is 12.5 Å². The standard InChI is InChI=1S/C23H44N2O/c1-5-8-9-10-11-12-13-14-15-16-17-18-19-20-23(6-2,7-3)22-24-21(4)26-25-22/h4-20H2,1-3H3,(H,24,25). The Morgan fingerprint density at radius 2 is 1.23 bits per heavy atom. The summed E-state index contributed by atoms with van der Waals surface area (Å²) in [5.41, 5.74) is 3.13. The van der Waals surface area contributed by atoms with Crippen molar-refractivity contribution in [2.75, 3.05) is 0 Å². The van der Waals surface area contributed by atoms with Gasteiger partial charge >= 0.3 is 0 Å². The first kappa shape index (κ1) is 23.0. The molecule has 3 nitrogen and oxygen atoms in total. The monoisotopic (exact) mass is 364 g/mol. The number of hydroxylamine groups is 1. The van der Waals surface area contributed by atoms with Crippen LogP contribution in [0, 0.1) is 5.41 Å². The van der Waals surface area contributed by atoms with Crippen molar-refractivity contribution in [2.45, 2.75) is 124 Å². The highest BCUT2D eigenvalue weighted by molar-refractivity contribution is 5.89. The van der Waals surface area contributed by atoms with Gasteiger partial charge in [-0.05, 0) is 25.8 Å². The van der Waals surface area contributed by atoms with Gasteiger partial charge in [0.25, 0.3) is 0 Å². The molecule has 0 fully saturated rings. The number of hydrogen-bond donors (Lipinski definition) is 1. The first-order valence-electron chi connectivity index (χ1n) is 11.4. The second kappa shape index (κ2) is 14.1. The zero-order valence-corrected chi connectivity index (χ0v) is 17.9. The lowest BCUT2D eigenvalue weighted by atomic mass is 9.76. The van der Waals surface area contributed by atoms with E-state index >= 15 is 0 Å². The Morgan fingerprint density at radius 1 is 0.769 bits per heavy atom. The molecule has 0 aromatic heterocycles. The van der Waals surface area contributed by atoms with Gasteiger partial charge in [0, 0.05) is 5.41 Å². The maximum atomic E-state index is 5.25. The Hall–Kier alpha value is -0.990. The summed E-state index contributed by atoms with van der Waals surface area (Å²) in [5.74, 6) is 1.49. The molecule has 0 aromatic rings. The molecule has 152 valence electrons. The first-order chi connectivity index (χ1) is 12.7. The van der Waals surface area contributed by atoms with Gasteiger partial charge in [-0.1, -0.05) is 104 Å². The minimum Gasteiger partial charge on any atom is -0.361 e. The SMILES string of the molecule is C=C1N=C(C(CC)(CC)CCCCCCCCCCCCCCC)NO1. The van der Waals surface area contributed by atoms with E-state index in [-0.39, 0.29) is 5.41 Å². The molecule has 1 aliphatic heterocycles. The van der Waals surface area contributed by atoms with Gasteiger partial charge < -0.3 is 4.84 Å². The molecule has 0 saturated carbocycles. The average molecular weight is 365 g/mol. The van der Waals surface area contributed by atoms with Gasteiger partial charge in [-0.15, -0.1) is 0 Å². The van der Waals surface area contributed by atoms with E-state index in [4.69, 9.17) is 4.84 Å².